The van der Waals surface area contributed by atoms with Crippen molar-refractivity contribution in [2.45, 2.75) is 12.7 Å². The summed E-state index contributed by atoms with van der Waals surface area (Å²) in [5.41, 5.74) is -0.855. The molecular weight excluding hydrogens is 208 g/mol. The fourth-order valence-electron chi connectivity index (χ4n) is 1.77. The molecule has 1 N–H and O–H groups in total. The van der Waals surface area contributed by atoms with E-state index in [0.717, 1.165) is 0 Å². The second-order valence-corrected chi connectivity index (χ2v) is 3.26. The van der Waals surface area contributed by atoms with Gasteiger partial charge >= 0.3 is 5.97 Å². The van der Waals surface area contributed by atoms with Crippen LogP contribution in [0.2, 0.25) is 6.32 Å². The minimum Gasteiger partial charge on any atom is -0.478 e. The van der Waals surface area contributed by atoms with Crippen LogP contribution in [-0.4, -0.2) is 18.4 Å². The highest BCUT2D eigenvalue weighted by Gasteiger charge is 2.30. The Balaban J connectivity index is 2.81. The lowest BCUT2D eigenvalue weighted by atomic mass is 9.70. The standard InChI is InChI=1S/C9H5BF3O2/c11-6-3-1-2-10-5(3)4(9(14)15)7(12)8(6)13/h1-2H2,(H,14,15). The number of aromatic carboxylic acids is 1. The second kappa shape index (κ2) is 3.29. The quantitative estimate of drug-likeness (QED) is 0.560. The summed E-state index contributed by atoms with van der Waals surface area (Å²) in [6.45, 7) is 0. The summed E-state index contributed by atoms with van der Waals surface area (Å²) in [7, 11) is 1.41. The van der Waals surface area contributed by atoms with Gasteiger partial charge < -0.3 is 5.11 Å². The third kappa shape index (κ3) is 1.32. The van der Waals surface area contributed by atoms with Crippen LogP contribution in [0.3, 0.4) is 0 Å². The van der Waals surface area contributed by atoms with Crippen molar-refractivity contribution >= 4 is 18.7 Å². The van der Waals surface area contributed by atoms with Crippen molar-refractivity contribution in [1.29, 1.82) is 0 Å². The van der Waals surface area contributed by atoms with Gasteiger partial charge in [-0.05, 0) is 12.0 Å². The van der Waals surface area contributed by atoms with Crippen molar-refractivity contribution in [1.82, 2.24) is 0 Å². The van der Waals surface area contributed by atoms with Crippen LogP contribution in [0.25, 0.3) is 0 Å². The minimum atomic E-state index is -1.71. The average Bonchev–Trinajstić information content (AvgIpc) is 2.62. The number of carbonyl (C=O) groups is 1. The normalized spacial score (nSPS) is 13.5. The maximum absolute atomic E-state index is 13.2. The zero-order chi connectivity index (χ0) is 11.2. The van der Waals surface area contributed by atoms with Gasteiger partial charge in [0.2, 0.25) is 0 Å². The van der Waals surface area contributed by atoms with E-state index in [4.69, 9.17) is 5.11 Å². The predicted molar refractivity (Wildman–Crippen MR) is 47.2 cm³/mol. The molecule has 1 aromatic carbocycles. The number of hydrogen-bond donors (Lipinski definition) is 1. The lowest BCUT2D eigenvalue weighted by Gasteiger charge is -2.08. The Labute approximate surface area is 84.0 Å². The van der Waals surface area contributed by atoms with Gasteiger partial charge in [-0.2, -0.15) is 0 Å². The highest BCUT2D eigenvalue weighted by Crippen LogP contribution is 2.22. The van der Waals surface area contributed by atoms with Crippen molar-refractivity contribution in [2.24, 2.45) is 0 Å². The first-order valence-corrected chi connectivity index (χ1v) is 4.30. The fourth-order valence-corrected chi connectivity index (χ4v) is 1.77. The van der Waals surface area contributed by atoms with Gasteiger partial charge in [-0.25, -0.2) is 18.0 Å². The fraction of sp³-hybridized carbons (Fsp3) is 0.222. The number of hydrogen-bond acceptors (Lipinski definition) is 1. The first-order valence-electron chi connectivity index (χ1n) is 4.30. The van der Waals surface area contributed by atoms with Crippen LogP contribution in [0.5, 0.6) is 0 Å². The molecule has 0 aliphatic carbocycles. The summed E-state index contributed by atoms with van der Waals surface area (Å²) in [4.78, 5) is 10.7. The van der Waals surface area contributed by atoms with Crippen molar-refractivity contribution in [3.05, 3.63) is 28.6 Å². The van der Waals surface area contributed by atoms with Crippen molar-refractivity contribution in [2.75, 3.05) is 0 Å². The zero-order valence-corrected chi connectivity index (χ0v) is 7.48. The predicted octanol–water partition coefficient (Wildman–Crippen LogP) is 1.11. The molecule has 1 aliphatic rings. The maximum atomic E-state index is 13.2. The first-order chi connectivity index (χ1) is 7.04. The number of carboxylic acids is 1. The molecule has 0 aromatic heterocycles. The molecule has 2 nitrogen and oxygen atoms in total. The van der Waals surface area contributed by atoms with Crippen LogP contribution >= 0.6 is 0 Å². The third-order valence-corrected chi connectivity index (χ3v) is 2.42. The maximum Gasteiger partial charge on any atom is 0.338 e. The van der Waals surface area contributed by atoms with E-state index in [2.05, 4.69) is 0 Å². The Morgan fingerprint density at radius 2 is 1.87 bits per heavy atom. The van der Waals surface area contributed by atoms with Gasteiger partial charge in [-0.3, -0.25) is 0 Å². The van der Waals surface area contributed by atoms with E-state index in [9.17, 15) is 18.0 Å². The molecular formula is C9H5BF3O2. The molecule has 77 valence electrons. The first kappa shape index (κ1) is 10.1. The van der Waals surface area contributed by atoms with E-state index in [0.29, 0.717) is 6.32 Å². The summed E-state index contributed by atoms with van der Waals surface area (Å²) in [5, 5.41) is 8.70. The van der Waals surface area contributed by atoms with E-state index in [1.54, 1.807) is 0 Å². The van der Waals surface area contributed by atoms with Crippen LogP contribution < -0.4 is 5.46 Å². The Hall–Kier alpha value is -1.46. The Kier molecular flexibility index (Phi) is 2.21. The number of carboxylic acid groups (broad SMARTS) is 1. The van der Waals surface area contributed by atoms with Gasteiger partial charge in [-0.1, -0.05) is 11.8 Å². The largest absolute Gasteiger partial charge is 0.478 e. The van der Waals surface area contributed by atoms with Crippen LogP contribution in [0, 0.1) is 17.5 Å². The zero-order valence-electron chi connectivity index (χ0n) is 7.48. The molecule has 1 radical (unpaired) electrons. The number of fused-ring (bicyclic) bond motifs is 1. The molecule has 1 aliphatic heterocycles. The van der Waals surface area contributed by atoms with Crippen molar-refractivity contribution < 1.29 is 23.1 Å². The van der Waals surface area contributed by atoms with Gasteiger partial charge in [0.15, 0.2) is 24.7 Å². The van der Waals surface area contributed by atoms with E-state index in [-0.39, 0.29) is 17.4 Å². The summed E-state index contributed by atoms with van der Waals surface area (Å²) in [6.07, 6.45) is 0.605. The summed E-state index contributed by atoms with van der Waals surface area (Å²) in [5.74, 6) is -6.19. The van der Waals surface area contributed by atoms with Crippen LogP contribution in [0.15, 0.2) is 0 Å². The highest BCUT2D eigenvalue weighted by atomic mass is 19.2. The van der Waals surface area contributed by atoms with Crippen LogP contribution in [-0.2, 0) is 6.42 Å². The number of benzene rings is 1. The van der Waals surface area contributed by atoms with Gasteiger partial charge in [0, 0.05) is 0 Å². The summed E-state index contributed by atoms with van der Waals surface area (Å²) >= 11 is 0. The summed E-state index contributed by atoms with van der Waals surface area (Å²) < 4.78 is 39.3. The SMILES string of the molecule is O=C(O)c1c(F)c(F)c(F)c2c1[B]CC2. The number of halogens is 3. The monoisotopic (exact) mass is 213 g/mol. The molecule has 0 saturated carbocycles. The van der Waals surface area contributed by atoms with Crippen molar-refractivity contribution in [3.8, 4) is 0 Å². The molecule has 15 heavy (non-hydrogen) atoms. The second-order valence-electron chi connectivity index (χ2n) is 3.26. The van der Waals surface area contributed by atoms with Crippen LogP contribution in [0.1, 0.15) is 15.9 Å². The van der Waals surface area contributed by atoms with Gasteiger partial charge in [0.25, 0.3) is 0 Å². The van der Waals surface area contributed by atoms with Gasteiger partial charge in [0.1, 0.15) is 0 Å². The Morgan fingerprint density at radius 3 is 2.47 bits per heavy atom. The molecule has 0 amide bonds. The molecule has 0 fully saturated rings. The topological polar surface area (TPSA) is 37.3 Å². The van der Waals surface area contributed by atoms with Crippen LogP contribution in [0.4, 0.5) is 13.2 Å². The Bertz CT molecular complexity index is 459. The third-order valence-electron chi connectivity index (χ3n) is 2.42. The number of rotatable bonds is 1. The van der Waals surface area contributed by atoms with Crippen molar-refractivity contribution in [3.63, 3.8) is 0 Å². The lowest BCUT2D eigenvalue weighted by molar-refractivity contribution is 0.0692. The molecule has 0 spiro atoms. The average molecular weight is 213 g/mol. The highest BCUT2D eigenvalue weighted by molar-refractivity contribution is 6.57. The van der Waals surface area contributed by atoms with E-state index in [1.807, 2.05) is 0 Å². The minimum absolute atomic E-state index is 0.0288. The Morgan fingerprint density at radius 1 is 1.20 bits per heavy atom. The molecule has 6 heteroatoms. The molecule has 0 unspecified atom stereocenters. The van der Waals surface area contributed by atoms with E-state index in [1.165, 1.54) is 7.28 Å². The molecule has 1 heterocycles. The smallest absolute Gasteiger partial charge is 0.338 e. The molecule has 1 aromatic rings. The van der Waals surface area contributed by atoms with E-state index < -0.39 is 29.0 Å². The van der Waals surface area contributed by atoms with Gasteiger partial charge in [0.05, 0.1) is 5.56 Å². The molecule has 0 bridgehead atoms. The molecule has 0 atom stereocenters. The summed E-state index contributed by atoms with van der Waals surface area (Å²) in [6, 6.07) is 0. The molecule has 2 rings (SSSR count). The molecule has 0 saturated heterocycles. The van der Waals surface area contributed by atoms with E-state index >= 15 is 0 Å². The lowest BCUT2D eigenvalue weighted by Crippen LogP contribution is -2.26. The van der Waals surface area contributed by atoms with Gasteiger partial charge in [-0.15, -0.1) is 0 Å².